The molecule has 0 aliphatic rings. The predicted octanol–water partition coefficient (Wildman–Crippen LogP) is 5.29. The van der Waals surface area contributed by atoms with Gasteiger partial charge < -0.3 is 4.74 Å². The van der Waals surface area contributed by atoms with Gasteiger partial charge in [-0.05, 0) is 47.5 Å². The summed E-state index contributed by atoms with van der Waals surface area (Å²) in [6, 6.07) is 14.9. The first-order chi connectivity index (χ1) is 13.7. The first kappa shape index (κ1) is 20.1. The summed E-state index contributed by atoms with van der Waals surface area (Å²) in [5.41, 5.74) is 5.78. The van der Waals surface area contributed by atoms with E-state index < -0.39 is 29.5 Å². The van der Waals surface area contributed by atoms with Crippen LogP contribution in [0, 0.1) is 11.6 Å². The number of benzene rings is 3. The van der Waals surface area contributed by atoms with Crippen molar-refractivity contribution in [3.63, 3.8) is 0 Å². The van der Waals surface area contributed by atoms with Crippen molar-refractivity contribution >= 4 is 11.6 Å². The van der Waals surface area contributed by atoms with Gasteiger partial charge >= 0.3 is 6.36 Å². The number of carbonyl (C=O) groups is 1. The van der Waals surface area contributed by atoms with Crippen molar-refractivity contribution in [1.82, 2.24) is 5.43 Å². The molecule has 3 rings (SSSR count). The molecule has 3 aromatic carbocycles. The number of hydrazine groups is 1. The first-order valence-corrected chi connectivity index (χ1v) is 8.19. The fourth-order valence-corrected chi connectivity index (χ4v) is 2.50. The van der Waals surface area contributed by atoms with E-state index in [2.05, 4.69) is 15.6 Å². The second-order valence-corrected chi connectivity index (χ2v) is 5.83. The van der Waals surface area contributed by atoms with Gasteiger partial charge in [0.05, 0.1) is 5.69 Å². The number of carbonyl (C=O) groups excluding carboxylic acids is 1. The molecule has 0 saturated heterocycles. The highest BCUT2D eigenvalue weighted by Gasteiger charge is 2.30. The van der Waals surface area contributed by atoms with E-state index in [1.165, 1.54) is 24.3 Å². The molecule has 0 radical (unpaired) electrons. The molecule has 1 amide bonds. The van der Waals surface area contributed by atoms with Gasteiger partial charge in [-0.3, -0.25) is 15.6 Å². The van der Waals surface area contributed by atoms with Crippen molar-refractivity contribution in [3.05, 3.63) is 83.9 Å². The van der Waals surface area contributed by atoms with Gasteiger partial charge in [0.15, 0.2) is 0 Å². The number of rotatable bonds is 5. The Kier molecular flexibility index (Phi) is 5.67. The van der Waals surface area contributed by atoms with Crippen LogP contribution in [-0.4, -0.2) is 12.3 Å². The molecule has 0 unspecified atom stereocenters. The zero-order valence-electron chi connectivity index (χ0n) is 14.6. The fourth-order valence-electron chi connectivity index (χ4n) is 2.50. The molecular weight excluding hydrogens is 395 g/mol. The summed E-state index contributed by atoms with van der Waals surface area (Å²) >= 11 is 0. The largest absolute Gasteiger partial charge is 0.573 e. The maximum absolute atomic E-state index is 13.6. The second kappa shape index (κ2) is 8.17. The second-order valence-electron chi connectivity index (χ2n) is 5.83. The lowest BCUT2D eigenvalue weighted by atomic mass is 10.1. The van der Waals surface area contributed by atoms with Crippen LogP contribution in [0.4, 0.5) is 27.6 Å². The standard InChI is InChI=1S/C20H13F5N2O2/c21-16-2-1-3-17(22)18(16)19(28)27-26-14-8-4-12(5-9-14)13-6-10-15(11-7-13)29-20(23,24)25/h1-11,26H,(H,27,28). The highest BCUT2D eigenvalue weighted by Crippen LogP contribution is 2.27. The summed E-state index contributed by atoms with van der Waals surface area (Å²) in [6.07, 6.45) is -4.76. The molecule has 9 heteroatoms. The van der Waals surface area contributed by atoms with E-state index in [1.54, 1.807) is 24.3 Å². The van der Waals surface area contributed by atoms with Crippen molar-refractivity contribution in [2.24, 2.45) is 0 Å². The van der Waals surface area contributed by atoms with Gasteiger partial charge in [0, 0.05) is 0 Å². The third kappa shape index (κ3) is 5.22. The molecule has 29 heavy (non-hydrogen) atoms. The summed E-state index contributed by atoms with van der Waals surface area (Å²) in [7, 11) is 0. The average Bonchev–Trinajstić information content (AvgIpc) is 2.66. The Morgan fingerprint density at radius 2 is 1.31 bits per heavy atom. The van der Waals surface area contributed by atoms with Crippen LogP contribution in [-0.2, 0) is 0 Å². The van der Waals surface area contributed by atoms with Gasteiger partial charge in [-0.15, -0.1) is 13.2 Å². The van der Waals surface area contributed by atoms with Crippen LogP contribution < -0.4 is 15.6 Å². The molecular formula is C20H13F5N2O2. The van der Waals surface area contributed by atoms with Gasteiger partial charge in [0.25, 0.3) is 5.91 Å². The van der Waals surface area contributed by atoms with Crippen LogP contribution in [0.3, 0.4) is 0 Å². The van der Waals surface area contributed by atoms with Crippen molar-refractivity contribution in [2.45, 2.75) is 6.36 Å². The number of amides is 1. The van der Waals surface area contributed by atoms with Crippen molar-refractivity contribution < 1.29 is 31.5 Å². The number of anilines is 1. The quantitative estimate of drug-likeness (QED) is 0.446. The van der Waals surface area contributed by atoms with E-state index in [4.69, 9.17) is 0 Å². The third-order valence-electron chi connectivity index (χ3n) is 3.82. The molecule has 2 N–H and O–H groups in total. The lowest BCUT2D eigenvalue weighted by Gasteiger charge is -2.11. The van der Waals surface area contributed by atoms with Gasteiger partial charge in [0.2, 0.25) is 0 Å². The Balaban J connectivity index is 1.64. The van der Waals surface area contributed by atoms with Crippen molar-refractivity contribution in [1.29, 1.82) is 0 Å². The van der Waals surface area contributed by atoms with Crippen molar-refractivity contribution in [3.8, 4) is 16.9 Å². The normalized spacial score (nSPS) is 11.1. The number of halogens is 5. The van der Waals surface area contributed by atoms with E-state index in [9.17, 15) is 26.7 Å². The van der Waals surface area contributed by atoms with Gasteiger partial charge in [0.1, 0.15) is 22.9 Å². The number of nitrogens with one attached hydrogen (secondary N) is 2. The Bertz CT molecular complexity index is 983. The van der Waals surface area contributed by atoms with Crippen LogP contribution in [0.25, 0.3) is 11.1 Å². The first-order valence-electron chi connectivity index (χ1n) is 8.19. The lowest BCUT2D eigenvalue weighted by Crippen LogP contribution is -2.30. The Morgan fingerprint density at radius 1 is 0.793 bits per heavy atom. The maximum Gasteiger partial charge on any atom is 0.573 e. The number of hydrogen-bond donors (Lipinski definition) is 2. The van der Waals surface area contributed by atoms with Crippen LogP contribution >= 0.6 is 0 Å². The maximum atomic E-state index is 13.6. The Morgan fingerprint density at radius 3 is 1.83 bits per heavy atom. The number of ether oxygens (including phenoxy) is 1. The van der Waals surface area contributed by atoms with Crippen molar-refractivity contribution in [2.75, 3.05) is 5.43 Å². The van der Waals surface area contributed by atoms with Crippen LogP contribution in [0.2, 0.25) is 0 Å². The van der Waals surface area contributed by atoms with E-state index in [-0.39, 0.29) is 5.75 Å². The molecule has 0 aromatic heterocycles. The zero-order chi connectivity index (χ0) is 21.0. The molecule has 0 spiro atoms. The highest BCUT2D eigenvalue weighted by atomic mass is 19.4. The van der Waals surface area contributed by atoms with E-state index in [0.29, 0.717) is 16.8 Å². The SMILES string of the molecule is O=C(NNc1ccc(-c2ccc(OC(F)(F)F)cc2)cc1)c1c(F)cccc1F. The highest BCUT2D eigenvalue weighted by molar-refractivity contribution is 5.95. The van der Waals surface area contributed by atoms with Gasteiger partial charge in [-0.1, -0.05) is 30.3 Å². The minimum Gasteiger partial charge on any atom is -0.406 e. The number of alkyl halides is 3. The molecule has 0 atom stereocenters. The number of hydrogen-bond acceptors (Lipinski definition) is 3. The summed E-state index contributed by atoms with van der Waals surface area (Å²) in [5, 5.41) is 0. The van der Waals surface area contributed by atoms with Gasteiger partial charge in [-0.25, -0.2) is 8.78 Å². The van der Waals surface area contributed by atoms with E-state index in [0.717, 1.165) is 18.2 Å². The monoisotopic (exact) mass is 408 g/mol. The molecule has 0 heterocycles. The molecule has 4 nitrogen and oxygen atoms in total. The third-order valence-corrected chi connectivity index (χ3v) is 3.82. The molecule has 0 saturated carbocycles. The summed E-state index contributed by atoms with van der Waals surface area (Å²) < 4.78 is 67.6. The predicted molar refractivity (Wildman–Crippen MR) is 96.0 cm³/mol. The molecule has 150 valence electrons. The smallest absolute Gasteiger partial charge is 0.406 e. The van der Waals surface area contributed by atoms with Crippen LogP contribution in [0.5, 0.6) is 5.75 Å². The molecule has 0 bridgehead atoms. The van der Waals surface area contributed by atoms with Crippen LogP contribution in [0.1, 0.15) is 10.4 Å². The fraction of sp³-hybridized carbons (Fsp3) is 0.0500. The minimum absolute atomic E-state index is 0.331. The zero-order valence-corrected chi connectivity index (χ0v) is 14.6. The Hall–Kier alpha value is -3.62. The summed E-state index contributed by atoms with van der Waals surface area (Å²) in [5.74, 6) is -3.29. The Labute approximate surface area is 161 Å². The van der Waals surface area contributed by atoms with Crippen LogP contribution in [0.15, 0.2) is 66.7 Å². The van der Waals surface area contributed by atoms with Gasteiger partial charge in [-0.2, -0.15) is 0 Å². The lowest BCUT2D eigenvalue weighted by molar-refractivity contribution is -0.274. The molecule has 0 aliphatic heterocycles. The topological polar surface area (TPSA) is 50.4 Å². The average molecular weight is 408 g/mol. The summed E-state index contributed by atoms with van der Waals surface area (Å²) in [6.45, 7) is 0. The molecule has 0 fully saturated rings. The molecule has 0 aliphatic carbocycles. The van der Waals surface area contributed by atoms with E-state index in [1.807, 2.05) is 0 Å². The van der Waals surface area contributed by atoms with E-state index >= 15 is 0 Å². The minimum atomic E-state index is -4.76. The summed E-state index contributed by atoms with van der Waals surface area (Å²) in [4.78, 5) is 11.9. The molecule has 3 aromatic rings.